The molecule has 0 saturated carbocycles. The Hall–Kier alpha value is -1.29. The molecule has 1 unspecified atom stereocenters. The predicted octanol–water partition coefficient (Wildman–Crippen LogP) is 6.26. The first-order valence-electron chi connectivity index (χ1n) is 10.4. The fraction of sp³-hybridized carbons (Fsp3) is 0.609. The van der Waals surface area contributed by atoms with E-state index in [1.165, 1.54) is 43.6 Å². The molecule has 2 nitrogen and oxygen atoms in total. The number of amides is 1. The van der Waals surface area contributed by atoms with Crippen LogP contribution < -0.4 is 0 Å². The molecule has 27 heavy (non-hydrogen) atoms. The molecule has 0 radical (unpaired) electrons. The van der Waals surface area contributed by atoms with Gasteiger partial charge in [-0.05, 0) is 49.1 Å². The van der Waals surface area contributed by atoms with E-state index < -0.39 is 0 Å². The Balaban J connectivity index is 2.36. The number of unbranched alkanes of at least 4 members (excludes halogenated alkanes) is 3. The molecule has 0 N–H and O–H groups in total. The summed E-state index contributed by atoms with van der Waals surface area (Å²) in [5, 5.41) is 0. The topological polar surface area (TPSA) is 20.3 Å². The van der Waals surface area contributed by atoms with Crippen LogP contribution in [0.5, 0.6) is 0 Å². The number of carbonyl (C=O) groups is 1. The van der Waals surface area contributed by atoms with Crippen LogP contribution in [-0.2, 0) is 11.2 Å². The third-order valence-corrected chi connectivity index (χ3v) is 5.70. The van der Waals surface area contributed by atoms with Crippen LogP contribution in [0.3, 0.4) is 0 Å². The second-order valence-corrected chi connectivity index (χ2v) is 8.19. The van der Waals surface area contributed by atoms with E-state index >= 15 is 0 Å². The van der Waals surface area contributed by atoms with Gasteiger partial charge in [0.2, 0.25) is 6.41 Å². The predicted molar refractivity (Wildman–Crippen MR) is 117 cm³/mol. The molecule has 0 aliphatic rings. The number of hydrogen-bond acceptors (Lipinski definition) is 2. The third kappa shape index (κ3) is 11.2. The van der Waals surface area contributed by atoms with Crippen molar-refractivity contribution in [2.45, 2.75) is 71.3 Å². The maximum Gasteiger partial charge on any atom is 0.210 e. The zero-order chi connectivity index (χ0) is 19.7. The molecule has 1 amide bonds. The van der Waals surface area contributed by atoms with Gasteiger partial charge in [0, 0.05) is 18.3 Å². The van der Waals surface area contributed by atoms with Crippen LogP contribution in [0.25, 0.3) is 0 Å². The van der Waals surface area contributed by atoms with Gasteiger partial charge in [-0.3, -0.25) is 4.79 Å². The molecule has 0 saturated heterocycles. The third-order valence-electron chi connectivity index (χ3n) is 4.65. The minimum atomic E-state index is -0.192. The van der Waals surface area contributed by atoms with Gasteiger partial charge in [0.25, 0.3) is 0 Å². The van der Waals surface area contributed by atoms with Crippen LogP contribution in [0.15, 0.2) is 36.4 Å². The number of benzene rings is 1. The van der Waals surface area contributed by atoms with Gasteiger partial charge in [-0.15, -0.1) is 0 Å². The average molecular weight is 394 g/mol. The van der Waals surface area contributed by atoms with Crippen molar-refractivity contribution in [3.05, 3.63) is 47.8 Å². The first kappa shape index (κ1) is 23.7. The van der Waals surface area contributed by atoms with Crippen molar-refractivity contribution in [2.75, 3.05) is 18.1 Å². The Bertz CT molecular complexity index is 518. The number of halogens is 1. The number of allylic oxidation sites excluding steroid dienone is 1. The number of rotatable bonds is 16. The number of nitrogens with zero attached hydrogens (tertiary/aromatic N) is 1. The summed E-state index contributed by atoms with van der Waals surface area (Å²) in [6.45, 7) is 5.20. The zero-order valence-corrected chi connectivity index (χ0v) is 17.9. The van der Waals surface area contributed by atoms with Crippen LogP contribution in [0.1, 0.15) is 64.4 Å². The molecule has 1 rings (SSSR count). The molecule has 152 valence electrons. The van der Waals surface area contributed by atoms with E-state index in [2.05, 4.69) is 26.0 Å². The highest BCUT2D eigenvalue weighted by Crippen LogP contribution is 2.13. The summed E-state index contributed by atoms with van der Waals surface area (Å²) in [6.07, 6.45) is 14.4. The number of thioether (sulfide) groups is 1. The Morgan fingerprint density at radius 2 is 1.85 bits per heavy atom. The van der Waals surface area contributed by atoms with Gasteiger partial charge >= 0.3 is 0 Å². The molecule has 0 aliphatic heterocycles. The summed E-state index contributed by atoms with van der Waals surface area (Å²) in [7, 11) is 0. The molecule has 1 aromatic carbocycles. The SMILES string of the molecule is CCCCCCSCCN(C=O)C(/C=C/CCc1ccc(F)cc1)CCC. The summed E-state index contributed by atoms with van der Waals surface area (Å²) in [4.78, 5) is 13.5. The van der Waals surface area contributed by atoms with Crippen molar-refractivity contribution >= 4 is 18.2 Å². The Morgan fingerprint density at radius 1 is 1.07 bits per heavy atom. The Morgan fingerprint density at radius 3 is 2.52 bits per heavy atom. The van der Waals surface area contributed by atoms with Crippen LogP contribution in [0.2, 0.25) is 0 Å². The molecular formula is C23H36FNOS. The highest BCUT2D eigenvalue weighted by molar-refractivity contribution is 7.99. The molecule has 4 heteroatoms. The van der Waals surface area contributed by atoms with E-state index in [1.807, 2.05) is 28.8 Å². The summed E-state index contributed by atoms with van der Waals surface area (Å²) >= 11 is 1.95. The maximum absolute atomic E-state index is 12.9. The molecule has 0 bridgehead atoms. The molecule has 0 fully saturated rings. The molecule has 0 spiro atoms. The van der Waals surface area contributed by atoms with Crippen molar-refractivity contribution in [1.82, 2.24) is 4.90 Å². The van der Waals surface area contributed by atoms with Crippen molar-refractivity contribution in [3.8, 4) is 0 Å². The number of aryl methyl sites for hydroxylation is 1. The monoisotopic (exact) mass is 393 g/mol. The average Bonchev–Trinajstić information content (AvgIpc) is 2.68. The zero-order valence-electron chi connectivity index (χ0n) is 17.0. The van der Waals surface area contributed by atoms with Gasteiger partial charge in [0.15, 0.2) is 0 Å². The summed E-state index contributed by atoms with van der Waals surface area (Å²) in [5.41, 5.74) is 1.14. The van der Waals surface area contributed by atoms with Crippen LogP contribution in [0.4, 0.5) is 4.39 Å². The second-order valence-electron chi connectivity index (χ2n) is 6.97. The van der Waals surface area contributed by atoms with E-state index in [1.54, 1.807) is 0 Å². The first-order valence-corrected chi connectivity index (χ1v) is 11.6. The summed E-state index contributed by atoms with van der Waals surface area (Å²) < 4.78 is 12.9. The molecule has 0 aromatic heterocycles. The maximum atomic E-state index is 12.9. The highest BCUT2D eigenvalue weighted by atomic mass is 32.2. The quantitative estimate of drug-likeness (QED) is 0.188. The van der Waals surface area contributed by atoms with Gasteiger partial charge in [-0.2, -0.15) is 11.8 Å². The normalized spacial score (nSPS) is 12.4. The molecule has 1 atom stereocenters. The Kier molecular flexibility index (Phi) is 13.8. The standard InChI is InChI=1S/C23H36FNOS/c1-3-5-6-9-18-27-19-17-25(20-26)23(10-4-2)12-8-7-11-21-13-15-22(24)16-14-21/h8,12-16,20,23H,3-7,9-11,17-19H2,1-2H3/b12-8+. The minimum Gasteiger partial charge on any atom is -0.338 e. The van der Waals surface area contributed by atoms with Crippen molar-refractivity contribution in [3.63, 3.8) is 0 Å². The molecule has 1 aromatic rings. The Labute approximate surface area is 169 Å². The van der Waals surface area contributed by atoms with Crippen LogP contribution in [-0.4, -0.2) is 35.4 Å². The highest BCUT2D eigenvalue weighted by Gasteiger charge is 2.12. The van der Waals surface area contributed by atoms with E-state index in [0.29, 0.717) is 0 Å². The van der Waals surface area contributed by atoms with Crippen molar-refractivity contribution < 1.29 is 9.18 Å². The van der Waals surface area contributed by atoms with Crippen molar-refractivity contribution in [1.29, 1.82) is 0 Å². The molecular weight excluding hydrogens is 357 g/mol. The summed E-state index contributed by atoms with van der Waals surface area (Å²) in [5.74, 6) is 2.01. The lowest BCUT2D eigenvalue weighted by Crippen LogP contribution is -2.34. The summed E-state index contributed by atoms with van der Waals surface area (Å²) in [6, 6.07) is 6.87. The number of hydrogen-bond donors (Lipinski definition) is 0. The lowest BCUT2D eigenvalue weighted by atomic mass is 10.1. The van der Waals surface area contributed by atoms with Gasteiger partial charge < -0.3 is 4.90 Å². The molecule has 0 heterocycles. The largest absolute Gasteiger partial charge is 0.338 e. The van der Waals surface area contributed by atoms with E-state index in [0.717, 1.165) is 50.0 Å². The van der Waals surface area contributed by atoms with Crippen LogP contribution >= 0.6 is 11.8 Å². The van der Waals surface area contributed by atoms with E-state index in [9.17, 15) is 9.18 Å². The first-order chi connectivity index (χ1) is 13.2. The molecule has 0 aliphatic carbocycles. The van der Waals surface area contributed by atoms with Crippen LogP contribution in [0, 0.1) is 5.82 Å². The van der Waals surface area contributed by atoms with Gasteiger partial charge in [0.05, 0.1) is 0 Å². The number of carbonyl (C=O) groups excluding carboxylic acids is 1. The fourth-order valence-corrected chi connectivity index (χ4v) is 3.97. The lowest BCUT2D eigenvalue weighted by molar-refractivity contribution is -0.119. The van der Waals surface area contributed by atoms with E-state index in [-0.39, 0.29) is 11.9 Å². The van der Waals surface area contributed by atoms with Crippen molar-refractivity contribution in [2.24, 2.45) is 0 Å². The van der Waals surface area contributed by atoms with Gasteiger partial charge in [-0.25, -0.2) is 4.39 Å². The lowest BCUT2D eigenvalue weighted by Gasteiger charge is -2.25. The smallest absolute Gasteiger partial charge is 0.210 e. The van der Waals surface area contributed by atoms with E-state index in [4.69, 9.17) is 0 Å². The minimum absolute atomic E-state index is 0.182. The van der Waals surface area contributed by atoms with Gasteiger partial charge in [-0.1, -0.05) is 63.8 Å². The van der Waals surface area contributed by atoms with Gasteiger partial charge in [0.1, 0.15) is 5.82 Å². The second kappa shape index (κ2) is 15.7. The fourth-order valence-electron chi connectivity index (χ4n) is 3.02.